The summed E-state index contributed by atoms with van der Waals surface area (Å²) in [5.41, 5.74) is 6.45. The van der Waals surface area contributed by atoms with Crippen LogP contribution >= 0.6 is 0 Å². The lowest BCUT2D eigenvalue weighted by Crippen LogP contribution is -2.25. The summed E-state index contributed by atoms with van der Waals surface area (Å²) in [5.74, 6) is -1.52. The Balaban J connectivity index is 0.00000163. The van der Waals surface area contributed by atoms with Crippen molar-refractivity contribution < 1.29 is 18.8 Å². The van der Waals surface area contributed by atoms with Crippen molar-refractivity contribution >= 4 is 23.7 Å². The highest BCUT2D eigenvalue weighted by atomic mass is 19.1. The first-order valence-corrected chi connectivity index (χ1v) is 8.92. The third-order valence-corrected chi connectivity index (χ3v) is 4.31. The number of hydrogen-bond donors (Lipinski definition) is 1. The lowest BCUT2D eigenvalue weighted by molar-refractivity contribution is -0.124. The molecule has 0 fully saturated rings. The van der Waals surface area contributed by atoms with Crippen LogP contribution in [0.25, 0.3) is 0 Å². The van der Waals surface area contributed by atoms with E-state index < -0.39 is 11.8 Å². The molecule has 1 heterocycles. The number of anilines is 1. The minimum absolute atomic E-state index is 0.0320. The van der Waals surface area contributed by atoms with Crippen LogP contribution in [0.5, 0.6) is 0 Å². The molecule has 1 aromatic rings. The molecule has 0 bridgehead atoms. The maximum Gasteiger partial charge on any atom is 0.220 e. The number of nitrogens with two attached hydrogens (primary N) is 1. The Hall–Kier alpha value is -2.50. The molecule has 1 aliphatic rings. The van der Waals surface area contributed by atoms with E-state index in [4.69, 9.17) is 5.73 Å². The topological polar surface area (TPSA) is 80.5 Å². The van der Waals surface area contributed by atoms with E-state index in [2.05, 4.69) is 0 Å². The largest absolute Gasteiger partial charge is 0.369 e. The maximum absolute atomic E-state index is 14.4. The predicted molar refractivity (Wildman–Crippen MR) is 100 cm³/mol. The van der Waals surface area contributed by atoms with Crippen LogP contribution in [0.1, 0.15) is 51.5 Å². The predicted octanol–water partition coefficient (Wildman–Crippen LogP) is 3.33. The summed E-state index contributed by atoms with van der Waals surface area (Å²) in [5, 5.41) is 0. The number of rotatable bonds is 7. The van der Waals surface area contributed by atoms with Gasteiger partial charge in [0.15, 0.2) is 5.78 Å². The molecule has 0 radical (unpaired) electrons. The lowest BCUT2D eigenvalue weighted by atomic mass is 9.88. The van der Waals surface area contributed by atoms with Crippen molar-refractivity contribution in [1.29, 1.82) is 0 Å². The smallest absolute Gasteiger partial charge is 0.220 e. The molecule has 1 aromatic carbocycles. The summed E-state index contributed by atoms with van der Waals surface area (Å²) in [6.07, 6.45) is 4.53. The molecule has 2 N–H and O–H groups in total. The Kier molecular flexibility index (Phi) is 8.68. The average molecular weight is 362 g/mol. The Morgan fingerprint density at radius 2 is 2.08 bits per heavy atom. The molecular formula is C20H27FN2O3. The normalized spacial score (nSPS) is 15.7. The van der Waals surface area contributed by atoms with E-state index in [0.29, 0.717) is 31.4 Å². The summed E-state index contributed by atoms with van der Waals surface area (Å²) in [6, 6.07) is 4.90. The van der Waals surface area contributed by atoms with Crippen LogP contribution in [0.3, 0.4) is 0 Å². The van der Waals surface area contributed by atoms with Crippen LogP contribution in [0.2, 0.25) is 0 Å². The number of carbonyl (C=O) groups is 3. The van der Waals surface area contributed by atoms with E-state index >= 15 is 0 Å². The number of primary amides is 1. The van der Waals surface area contributed by atoms with Crippen LogP contribution in [-0.2, 0) is 14.4 Å². The van der Waals surface area contributed by atoms with Gasteiger partial charge in [0.2, 0.25) is 5.91 Å². The van der Waals surface area contributed by atoms with Crippen molar-refractivity contribution in [2.45, 2.75) is 46.0 Å². The summed E-state index contributed by atoms with van der Waals surface area (Å²) >= 11 is 0. The Bertz CT molecular complexity index is 673. The molecule has 0 aromatic heterocycles. The first-order chi connectivity index (χ1) is 12.4. The molecule has 26 heavy (non-hydrogen) atoms. The second-order valence-corrected chi connectivity index (χ2v) is 6.07. The zero-order valence-electron chi connectivity index (χ0n) is 15.6. The number of aldehydes is 1. The molecule has 0 spiro atoms. The molecule has 6 heteroatoms. The number of ketones is 1. The Morgan fingerprint density at radius 3 is 2.58 bits per heavy atom. The second kappa shape index (κ2) is 10.5. The number of carbonyl (C=O) groups excluding carboxylic acids is 3. The molecule has 0 saturated heterocycles. The van der Waals surface area contributed by atoms with Gasteiger partial charge < -0.3 is 15.4 Å². The summed E-state index contributed by atoms with van der Waals surface area (Å²) in [4.78, 5) is 34.9. The Morgan fingerprint density at radius 1 is 1.38 bits per heavy atom. The summed E-state index contributed by atoms with van der Waals surface area (Å²) < 4.78 is 14.4. The Labute approximate surface area is 154 Å². The number of halogens is 1. The van der Waals surface area contributed by atoms with Gasteiger partial charge in [-0.25, -0.2) is 4.39 Å². The van der Waals surface area contributed by atoms with Gasteiger partial charge in [-0.15, -0.1) is 0 Å². The molecule has 1 amide bonds. The fraction of sp³-hybridized carbons (Fsp3) is 0.450. The van der Waals surface area contributed by atoms with Crippen molar-refractivity contribution in [3.63, 3.8) is 0 Å². The number of amides is 1. The minimum Gasteiger partial charge on any atom is -0.369 e. The monoisotopic (exact) mass is 362 g/mol. The van der Waals surface area contributed by atoms with E-state index in [-0.39, 0.29) is 23.9 Å². The van der Waals surface area contributed by atoms with Crippen molar-refractivity contribution in [2.24, 2.45) is 11.7 Å². The zero-order valence-corrected chi connectivity index (χ0v) is 15.6. The third-order valence-electron chi connectivity index (χ3n) is 4.31. The van der Waals surface area contributed by atoms with E-state index in [0.717, 1.165) is 5.56 Å². The first-order valence-electron chi connectivity index (χ1n) is 8.92. The molecule has 2 atom stereocenters. The van der Waals surface area contributed by atoms with E-state index in [9.17, 15) is 18.8 Å². The number of benzene rings is 1. The van der Waals surface area contributed by atoms with E-state index in [1.54, 1.807) is 23.2 Å². The highest BCUT2D eigenvalue weighted by Crippen LogP contribution is 2.29. The van der Waals surface area contributed by atoms with Gasteiger partial charge in [0.1, 0.15) is 12.1 Å². The van der Waals surface area contributed by atoms with Crippen molar-refractivity contribution in [3.8, 4) is 0 Å². The molecule has 0 saturated carbocycles. The number of allylic oxidation sites excluding steroid dienone is 1. The fourth-order valence-electron chi connectivity index (χ4n) is 2.83. The van der Waals surface area contributed by atoms with Gasteiger partial charge in [-0.05, 0) is 36.1 Å². The van der Waals surface area contributed by atoms with Gasteiger partial charge in [-0.3, -0.25) is 9.59 Å². The number of nitrogens with zero attached hydrogens (tertiary/aromatic N) is 1. The highest BCUT2D eigenvalue weighted by molar-refractivity contribution is 5.91. The summed E-state index contributed by atoms with van der Waals surface area (Å²) in [6.45, 7) is 6.32. The van der Waals surface area contributed by atoms with Crippen molar-refractivity contribution in [2.75, 3.05) is 11.4 Å². The lowest BCUT2D eigenvalue weighted by Gasteiger charge is -2.24. The molecule has 2 rings (SSSR count). The van der Waals surface area contributed by atoms with Crippen LogP contribution in [0.4, 0.5) is 10.1 Å². The molecule has 2 unspecified atom stereocenters. The maximum atomic E-state index is 14.4. The quantitative estimate of drug-likeness (QED) is 0.755. The molecule has 142 valence electrons. The number of hydrogen-bond acceptors (Lipinski definition) is 4. The fourth-order valence-corrected chi connectivity index (χ4v) is 2.83. The van der Waals surface area contributed by atoms with Gasteiger partial charge >= 0.3 is 0 Å². The second-order valence-electron chi connectivity index (χ2n) is 6.07. The van der Waals surface area contributed by atoms with E-state index in [1.165, 1.54) is 12.1 Å². The molecule has 1 aliphatic heterocycles. The zero-order chi connectivity index (χ0) is 19.7. The standard InChI is InChI=1S/C18H21FN2O3.C2H6/c1-12(10-14(6-9-22)18(20)24)13-2-3-17(16(19)11-13)21-7-4-15(23)5-8-21;1-2/h2-4,7,9,11-12,14H,5-6,8,10H2,1H3,(H2,20,24);1-2H3. The van der Waals surface area contributed by atoms with Gasteiger partial charge in [0, 0.05) is 31.5 Å². The van der Waals surface area contributed by atoms with Crippen molar-refractivity contribution in [1.82, 2.24) is 0 Å². The van der Waals surface area contributed by atoms with Crippen LogP contribution in [-0.4, -0.2) is 24.5 Å². The first kappa shape index (κ1) is 21.5. The third kappa shape index (κ3) is 5.79. The van der Waals surface area contributed by atoms with Gasteiger partial charge in [0.05, 0.1) is 5.69 Å². The summed E-state index contributed by atoms with van der Waals surface area (Å²) in [7, 11) is 0. The van der Waals surface area contributed by atoms with Gasteiger partial charge in [-0.1, -0.05) is 26.8 Å². The molecular weight excluding hydrogens is 335 g/mol. The van der Waals surface area contributed by atoms with Crippen LogP contribution in [0, 0.1) is 11.7 Å². The minimum atomic E-state index is -0.545. The van der Waals surface area contributed by atoms with Crippen molar-refractivity contribution in [3.05, 3.63) is 41.9 Å². The molecule has 5 nitrogen and oxygen atoms in total. The highest BCUT2D eigenvalue weighted by Gasteiger charge is 2.21. The SMILES string of the molecule is CC.CC(CC(CC=O)C(N)=O)c1ccc(N2C=CC(=O)CC2)c(F)c1. The van der Waals surface area contributed by atoms with Crippen LogP contribution < -0.4 is 10.6 Å². The van der Waals surface area contributed by atoms with Gasteiger partial charge in [0.25, 0.3) is 0 Å². The van der Waals surface area contributed by atoms with Gasteiger partial charge in [-0.2, -0.15) is 0 Å². The molecule has 0 aliphatic carbocycles. The average Bonchev–Trinajstić information content (AvgIpc) is 2.63. The van der Waals surface area contributed by atoms with E-state index in [1.807, 2.05) is 20.8 Å². The van der Waals surface area contributed by atoms with Crippen LogP contribution in [0.15, 0.2) is 30.5 Å².